The first kappa shape index (κ1) is 56.1. The highest BCUT2D eigenvalue weighted by Gasteiger charge is 2.39. The third kappa shape index (κ3) is 11.1. The Morgan fingerprint density at radius 1 is 0.518 bits per heavy atom. The van der Waals surface area contributed by atoms with Gasteiger partial charge in [0, 0.05) is 58.9 Å². The van der Waals surface area contributed by atoms with Gasteiger partial charge in [0.25, 0.3) is 22.9 Å². The van der Waals surface area contributed by atoms with E-state index in [9.17, 15) is 57.7 Å². The third-order valence-corrected chi connectivity index (χ3v) is 14.9. The van der Waals surface area contributed by atoms with E-state index in [1.165, 1.54) is 36.4 Å². The zero-order valence-corrected chi connectivity index (χ0v) is 44.8. The smallest absolute Gasteiger partial charge is 0.480 e. The molecule has 6 heterocycles. The van der Waals surface area contributed by atoms with E-state index in [-0.39, 0.29) is 70.4 Å². The number of hydrogen-bond donors (Lipinski definition) is 8. The number of aromatic nitrogens is 6. The molecule has 0 aliphatic rings. The van der Waals surface area contributed by atoms with Gasteiger partial charge in [0.2, 0.25) is 11.6 Å². The van der Waals surface area contributed by atoms with Crippen molar-refractivity contribution in [1.29, 1.82) is 0 Å². The summed E-state index contributed by atoms with van der Waals surface area (Å²) in [5, 5.41) is 23.6. The fourth-order valence-electron chi connectivity index (χ4n) is 10.1. The maximum Gasteiger partial charge on any atom is 0.570 e. The van der Waals surface area contributed by atoms with Gasteiger partial charge < -0.3 is 39.6 Å². The van der Waals surface area contributed by atoms with Gasteiger partial charge >= 0.3 is 31.5 Å². The molecule has 10 aromatic rings. The molecule has 0 unspecified atom stereocenters. The van der Waals surface area contributed by atoms with Crippen LogP contribution in [0.25, 0.3) is 55.1 Å². The molecule has 2 amide bonds. The van der Waals surface area contributed by atoms with E-state index in [2.05, 4.69) is 20.6 Å². The van der Waals surface area contributed by atoms with E-state index >= 15 is 0 Å². The summed E-state index contributed by atoms with van der Waals surface area (Å²) in [5.41, 5.74) is 3.43. The molecule has 0 aliphatic carbocycles. The first-order valence-electron chi connectivity index (χ1n) is 25.4. The molecule has 0 radical (unpaired) electrons. The van der Waals surface area contributed by atoms with E-state index in [4.69, 9.17) is 19.3 Å². The minimum Gasteiger partial charge on any atom is -0.480 e. The zero-order valence-electron chi connectivity index (χ0n) is 43.9. The summed E-state index contributed by atoms with van der Waals surface area (Å²) in [4.78, 5) is 154. The summed E-state index contributed by atoms with van der Waals surface area (Å²) in [6.07, 6.45) is 3.44. The average molecular weight is 1140 g/mol. The van der Waals surface area contributed by atoms with Crippen molar-refractivity contribution < 1.29 is 57.8 Å². The number of carboxylic acid groups (broad SMARTS) is 2. The molecular weight excluding hydrogens is 1100 g/mol. The average Bonchev–Trinajstić information content (AvgIpc) is 3.38. The van der Waals surface area contributed by atoms with Gasteiger partial charge in [0.05, 0.1) is 44.2 Å². The highest BCUT2D eigenvalue weighted by molar-refractivity contribution is 7.54. The molecule has 4 aromatic carbocycles. The van der Waals surface area contributed by atoms with Crippen molar-refractivity contribution in [1.82, 2.24) is 38.5 Å². The Kier molecular flexibility index (Phi) is 15.3. The van der Waals surface area contributed by atoms with E-state index in [0.717, 1.165) is 0 Å². The predicted octanol–water partition coefficient (Wildman–Crippen LogP) is 4.64. The highest BCUT2D eigenvalue weighted by atomic mass is 31.2. The Morgan fingerprint density at radius 2 is 0.892 bits per heavy atom. The number of aromatic amines is 2. The Morgan fingerprint density at radius 3 is 1.27 bits per heavy atom. The first-order chi connectivity index (χ1) is 39.7. The van der Waals surface area contributed by atoms with Crippen LogP contribution >= 0.6 is 8.17 Å². The molecule has 0 atom stereocenters. The quantitative estimate of drug-likeness (QED) is 0.0293. The van der Waals surface area contributed by atoms with Gasteiger partial charge in [-0.3, -0.25) is 38.4 Å². The second kappa shape index (κ2) is 22.7. The van der Waals surface area contributed by atoms with Crippen LogP contribution in [-0.4, -0.2) is 110 Å². The molecule has 24 nitrogen and oxygen atoms in total. The van der Waals surface area contributed by atoms with E-state index in [0.29, 0.717) is 64.9 Å². The summed E-state index contributed by atoms with van der Waals surface area (Å²) < 4.78 is 14.8. The van der Waals surface area contributed by atoms with Crippen LogP contribution in [0.3, 0.4) is 0 Å². The fraction of sp³-hybridized carbons (Fsp3) is 0.138. The zero-order chi connectivity index (χ0) is 59.0. The van der Waals surface area contributed by atoms with Crippen LogP contribution in [0, 0.1) is 13.8 Å². The summed E-state index contributed by atoms with van der Waals surface area (Å²) in [7, 11) is -4.38. The number of hydrogen-bond acceptors (Lipinski definition) is 14. The lowest BCUT2D eigenvalue weighted by atomic mass is 9.98. The molecular formula is C58H48N8O16P+. The monoisotopic (exact) mass is 1140 g/mol. The lowest BCUT2D eigenvalue weighted by Gasteiger charge is -2.11. The van der Waals surface area contributed by atoms with Crippen molar-refractivity contribution in [3.05, 3.63) is 220 Å². The number of ketones is 2. The molecule has 6 aromatic heterocycles. The number of carboxylic acids is 2. The summed E-state index contributed by atoms with van der Waals surface area (Å²) in [5.74, 6) is -4.57. The molecule has 0 spiro atoms. The molecule has 83 heavy (non-hydrogen) atoms. The van der Waals surface area contributed by atoms with Crippen LogP contribution in [0.4, 0.5) is 0 Å². The van der Waals surface area contributed by atoms with Crippen molar-refractivity contribution >= 4 is 76.3 Å². The van der Waals surface area contributed by atoms with Gasteiger partial charge in [-0.25, -0.2) is 18.7 Å². The number of amides is 2. The van der Waals surface area contributed by atoms with Crippen molar-refractivity contribution in [2.45, 2.75) is 26.9 Å². The maximum atomic E-state index is 14.2. The van der Waals surface area contributed by atoms with Crippen molar-refractivity contribution in [2.75, 3.05) is 26.3 Å². The summed E-state index contributed by atoms with van der Waals surface area (Å²) >= 11 is 0. The second-order valence-electron chi connectivity index (χ2n) is 19.0. The Balaban J connectivity index is 0.717. The predicted molar refractivity (Wildman–Crippen MR) is 303 cm³/mol. The maximum absolute atomic E-state index is 14.2. The lowest BCUT2D eigenvalue weighted by Crippen LogP contribution is -2.37. The minimum atomic E-state index is -4.38. The summed E-state index contributed by atoms with van der Waals surface area (Å²) in [6, 6.07) is 32.3. The van der Waals surface area contributed by atoms with Crippen LogP contribution in [0.15, 0.2) is 153 Å². The number of carbonyl (C=O) groups is 6. The van der Waals surface area contributed by atoms with Gasteiger partial charge in [0.15, 0.2) is 0 Å². The van der Waals surface area contributed by atoms with Gasteiger partial charge in [-0.15, -0.1) is 0 Å². The van der Waals surface area contributed by atoms with Crippen LogP contribution in [0.5, 0.6) is 0 Å². The van der Waals surface area contributed by atoms with E-state index in [1.54, 1.807) is 108 Å². The van der Waals surface area contributed by atoms with Gasteiger partial charge in [-0.2, -0.15) is 18.8 Å². The van der Waals surface area contributed by atoms with Crippen LogP contribution < -0.4 is 33.1 Å². The Hall–Kier alpha value is -10.2. The number of aliphatic carboxylic acids is 2. The lowest BCUT2D eigenvalue weighted by molar-refractivity contribution is -0.138. The standard InChI is InChI=1S/C58H47N8O16P/c1-31-47(43-7-3-5-23-63(43)49(31)51(71)37-17-19-39-41(27-37)61-57(77)65(55(39)75)29-45(67)68)33-9-13-35(14-10-33)53(73)59-21-25-81-83(79,80)82-26-22-60-54(74)36-15-11-34(12-16-36)48-32(2)50(64-24-6-4-8-44(48)64)52(72)38-18-20-40-42(28-38)62-58(78)66(56(40)76)30-46(69)70/h3-20,23-24,27-28,79-80H,21-22,25-26,29-30H2,1-2H3,(H5-,59,60,61,62,67,68,69,70,73,74,75,76,77,78)/p+1. The number of benzene rings is 4. The van der Waals surface area contributed by atoms with Gasteiger partial charge in [0.1, 0.15) is 26.3 Å². The molecule has 0 fully saturated rings. The van der Waals surface area contributed by atoms with Crippen molar-refractivity contribution in [3.8, 4) is 22.3 Å². The molecule has 0 saturated heterocycles. The largest absolute Gasteiger partial charge is 0.570 e. The fourth-order valence-corrected chi connectivity index (χ4v) is 10.8. The van der Waals surface area contributed by atoms with E-state index in [1.807, 2.05) is 12.1 Å². The number of carbonyl (C=O) groups excluding carboxylic acids is 4. The highest BCUT2D eigenvalue weighted by Crippen LogP contribution is 2.52. The number of nitrogens with one attached hydrogen (secondary N) is 4. The van der Waals surface area contributed by atoms with Gasteiger partial charge in [-0.1, -0.05) is 48.5 Å². The number of rotatable bonds is 20. The molecule has 0 saturated carbocycles. The van der Waals surface area contributed by atoms with Crippen molar-refractivity contribution in [3.63, 3.8) is 0 Å². The first-order valence-corrected chi connectivity index (χ1v) is 26.9. The summed E-state index contributed by atoms with van der Waals surface area (Å²) in [6.45, 7) is 0.925. The van der Waals surface area contributed by atoms with Crippen LogP contribution in [0.1, 0.15) is 63.9 Å². The second-order valence-corrected chi connectivity index (χ2v) is 20.5. The Labute approximate surface area is 466 Å². The van der Waals surface area contributed by atoms with Crippen molar-refractivity contribution in [2.24, 2.45) is 0 Å². The van der Waals surface area contributed by atoms with Crippen LogP contribution in [-0.2, 0) is 31.7 Å². The van der Waals surface area contributed by atoms with Gasteiger partial charge in [-0.05, 0) is 109 Å². The molecule has 0 aliphatic heterocycles. The van der Waals surface area contributed by atoms with Crippen LogP contribution in [0.2, 0.25) is 0 Å². The molecule has 10 rings (SSSR count). The third-order valence-electron chi connectivity index (χ3n) is 13.8. The Bertz CT molecular complexity index is 4300. The SMILES string of the molecule is Cc1c(-c2ccc(C(=O)NCCO[P+](O)(O)OCCNC(=O)c3ccc(-c4c(C)c(C(=O)c5ccc6c(=O)n(CC(=O)O)c(=O)[nH]c6c5)n5ccccc45)cc3)cc2)c2ccccn2c1C(=O)c1ccc2c(=O)n(CC(=O)O)c(=O)[nH]c2c1. The molecule has 8 N–H and O–H groups in total. The molecule has 0 bridgehead atoms. The molecule has 25 heteroatoms. The normalized spacial score (nSPS) is 11.6. The number of H-pyrrole nitrogens is 2. The molecule has 420 valence electrons. The van der Waals surface area contributed by atoms with E-state index < -0.39 is 79.1 Å². The topological polar surface area (TPSA) is 344 Å². The minimum absolute atomic E-state index is 0.0285. The number of fused-ring (bicyclic) bond motifs is 4. The number of pyridine rings is 2. The number of nitrogens with zero attached hydrogens (tertiary/aromatic N) is 4.